The van der Waals surface area contributed by atoms with E-state index in [0.29, 0.717) is 18.5 Å². The maximum atomic E-state index is 12.7. The van der Waals surface area contributed by atoms with E-state index in [9.17, 15) is 4.79 Å². The van der Waals surface area contributed by atoms with E-state index in [1.807, 2.05) is 28.8 Å². The fourth-order valence-corrected chi connectivity index (χ4v) is 2.51. The molecular weight excluding hydrogens is 266 g/mol. The van der Waals surface area contributed by atoms with Crippen molar-refractivity contribution < 1.29 is 10.1 Å². The van der Waals surface area contributed by atoms with Crippen LogP contribution in [0.1, 0.15) is 32.1 Å². The zero-order chi connectivity index (χ0) is 15.2. The first-order chi connectivity index (χ1) is 10.2. The Morgan fingerprint density at radius 3 is 2.86 bits per heavy atom. The van der Waals surface area contributed by atoms with E-state index in [4.69, 9.17) is 9.72 Å². The van der Waals surface area contributed by atoms with Gasteiger partial charge in [0.15, 0.2) is 5.82 Å². The van der Waals surface area contributed by atoms with Gasteiger partial charge in [-0.25, -0.2) is 4.98 Å². The van der Waals surface area contributed by atoms with Crippen LogP contribution in [0.2, 0.25) is 0 Å². The van der Waals surface area contributed by atoms with Crippen LogP contribution in [0.3, 0.4) is 0 Å². The van der Waals surface area contributed by atoms with Gasteiger partial charge in [-0.05, 0) is 25.5 Å². The fourth-order valence-electron chi connectivity index (χ4n) is 2.51. The number of quaternary nitrogens is 1. The third-order valence-corrected chi connectivity index (χ3v) is 3.59. The van der Waals surface area contributed by atoms with Crippen molar-refractivity contribution in [3.63, 3.8) is 0 Å². The number of nitrogens with zero attached hydrogens (tertiary/aromatic N) is 2. The molecule has 2 N–H and O–H groups in total. The number of fused-ring (bicyclic) bond motifs is 1. The Hall–Kier alpha value is -1.72. The molecule has 2 aromatic rings. The Morgan fingerprint density at radius 2 is 2.14 bits per heavy atom. The molecule has 5 nitrogen and oxygen atoms in total. The Bertz CT molecular complexity index is 652. The molecule has 0 saturated carbocycles. The lowest BCUT2D eigenvalue weighted by molar-refractivity contribution is -0.695. The molecule has 21 heavy (non-hydrogen) atoms. The minimum absolute atomic E-state index is 0.0597. The largest absolute Gasteiger partial charge is 0.379 e. The zero-order valence-electron chi connectivity index (χ0n) is 13.0. The average Bonchev–Trinajstić information content (AvgIpc) is 2.50. The molecule has 0 spiro atoms. The highest BCUT2D eigenvalue weighted by atomic mass is 16.5. The standard InChI is InChI=1S/C16H23N3O2/c1-4-10-19-15(12(2)17-9-11-21-3)18-14-8-6-5-7-13(14)16(19)20/h5-8,12,17H,4,9-11H2,1-3H3/p+1/t12-/m1/s1. The van der Waals surface area contributed by atoms with Gasteiger partial charge in [0.25, 0.3) is 5.56 Å². The molecule has 0 aliphatic carbocycles. The highest BCUT2D eigenvalue weighted by molar-refractivity contribution is 5.77. The summed E-state index contributed by atoms with van der Waals surface area (Å²) >= 11 is 0. The molecule has 5 heteroatoms. The van der Waals surface area contributed by atoms with Crippen molar-refractivity contribution in [2.45, 2.75) is 32.9 Å². The van der Waals surface area contributed by atoms with E-state index >= 15 is 0 Å². The molecule has 1 heterocycles. The van der Waals surface area contributed by atoms with Gasteiger partial charge in [-0.3, -0.25) is 9.36 Å². The topological polar surface area (TPSA) is 60.7 Å². The van der Waals surface area contributed by atoms with Crippen molar-refractivity contribution in [3.05, 3.63) is 40.4 Å². The van der Waals surface area contributed by atoms with Crippen molar-refractivity contribution >= 4 is 10.9 Å². The summed E-state index contributed by atoms with van der Waals surface area (Å²) in [5, 5.41) is 2.85. The van der Waals surface area contributed by atoms with E-state index in [-0.39, 0.29) is 11.6 Å². The Labute approximate surface area is 125 Å². The Morgan fingerprint density at radius 1 is 1.38 bits per heavy atom. The van der Waals surface area contributed by atoms with Crippen LogP contribution in [-0.2, 0) is 11.3 Å². The number of ether oxygens (including phenoxy) is 1. The first kappa shape index (κ1) is 15.7. The summed E-state index contributed by atoms with van der Waals surface area (Å²) in [5.74, 6) is 0.844. The van der Waals surface area contributed by atoms with Gasteiger partial charge in [0.1, 0.15) is 6.04 Å². The van der Waals surface area contributed by atoms with Crippen LogP contribution >= 0.6 is 0 Å². The van der Waals surface area contributed by atoms with E-state index < -0.39 is 0 Å². The predicted molar refractivity (Wildman–Crippen MR) is 83.4 cm³/mol. The second kappa shape index (κ2) is 7.33. The number of hydrogen-bond donors (Lipinski definition) is 1. The lowest BCUT2D eigenvalue weighted by atomic mass is 10.2. The number of benzene rings is 1. The number of rotatable bonds is 7. The van der Waals surface area contributed by atoms with Crippen molar-refractivity contribution in [1.29, 1.82) is 0 Å². The molecule has 1 aromatic carbocycles. The molecule has 0 unspecified atom stereocenters. The highest BCUT2D eigenvalue weighted by Gasteiger charge is 2.18. The Balaban J connectivity index is 2.45. The van der Waals surface area contributed by atoms with Gasteiger partial charge in [-0.2, -0.15) is 0 Å². The van der Waals surface area contributed by atoms with Gasteiger partial charge in [-0.1, -0.05) is 19.1 Å². The lowest BCUT2D eigenvalue weighted by Crippen LogP contribution is -2.86. The first-order valence-corrected chi connectivity index (χ1v) is 7.50. The summed E-state index contributed by atoms with van der Waals surface area (Å²) < 4.78 is 6.90. The molecule has 0 amide bonds. The molecule has 0 saturated heterocycles. The summed E-state index contributed by atoms with van der Waals surface area (Å²) in [7, 11) is 1.69. The summed E-state index contributed by atoms with van der Waals surface area (Å²) in [6, 6.07) is 7.68. The van der Waals surface area contributed by atoms with Gasteiger partial charge in [-0.15, -0.1) is 0 Å². The smallest absolute Gasteiger partial charge is 0.261 e. The minimum Gasteiger partial charge on any atom is -0.379 e. The fraction of sp³-hybridized carbons (Fsp3) is 0.500. The number of nitrogens with two attached hydrogens (primary N) is 1. The van der Waals surface area contributed by atoms with E-state index in [2.05, 4.69) is 19.2 Å². The third kappa shape index (κ3) is 3.49. The number of aromatic nitrogens is 2. The molecule has 114 valence electrons. The molecule has 0 aliphatic heterocycles. The second-order valence-corrected chi connectivity index (χ2v) is 5.25. The minimum atomic E-state index is 0.0597. The molecule has 0 aliphatic rings. The summed E-state index contributed by atoms with van der Waals surface area (Å²) in [6.07, 6.45) is 0.914. The maximum absolute atomic E-state index is 12.7. The van der Waals surface area contributed by atoms with Crippen LogP contribution in [0.25, 0.3) is 10.9 Å². The predicted octanol–water partition coefficient (Wildman–Crippen LogP) is 1.08. The van der Waals surface area contributed by atoms with Crippen molar-refractivity contribution in [3.8, 4) is 0 Å². The van der Waals surface area contributed by atoms with Crippen LogP contribution < -0.4 is 10.9 Å². The van der Waals surface area contributed by atoms with E-state index in [0.717, 1.165) is 24.3 Å². The number of hydrogen-bond acceptors (Lipinski definition) is 3. The Kier molecular flexibility index (Phi) is 5.47. The van der Waals surface area contributed by atoms with Gasteiger partial charge >= 0.3 is 0 Å². The molecule has 2 rings (SSSR count). The number of para-hydroxylation sites is 1. The molecule has 0 radical (unpaired) electrons. The normalized spacial score (nSPS) is 12.7. The quantitative estimate of drug-likeness (QED) is 0.776. The third-order valence-electron chi connectivity index (χ3n) is 3.59. The monoisotopic (exact) mass is 290 g/mol. The molecule has 0 fully saturated rings. The van der Waals surface area contributed by atoms with Crippen LogP contribution in [-0.4, -0.2) is 29.8 Å². The first-order valence-electron chi connectivity index (χ1n) is 7.50. The van der Waals surface area contributed by atoms with Gasteiger partial charge < -0.3 is 10.1 Å². The van der Waals surface area contributed by atoms with E-state index in [1.54, 1.807) is 7.11 Å². The summed E-state index contributed by atoms with van der Waals surface area (Å²) in [5.41, 5.74) is 0.835. The van der Waals surface area contributed by atoms with Gasteiger partial charge in [0, 0.05) is 13.7 Å². The van der Waals surface area contributed by atoms with Crippen molar-refractivity contribution in [2.75, 3.05) is 20.3 Å². The van der Waals surface area contributed by atoms with Crippen molar-refractivity contribution in [2.24, 2.45) is 0 Å². The van der Waals surface area contributed by atoms with Crippen molar-refractivity contribution in [1.82, 2.24) is 9.55 Å². The van der Waals surface area contributed by atoms with Gasteiger partial charge in [0.05, 0.1) is 24.1 Å². The molecular formula is C16H24N3O2+. The second-order valence-electron chi connectivity index (χ2n) is 5.25. The maximum Gasteiger partial charge on any atom is 0.261 e. The van der Waals surface area contributed by atoms with Crippen LogP contribution in [0, 0.1) is 0 Å². The number of methoxy groups -OCH3 is 1. The van der Waals surface area contributed by atoms with Crippen LogP contribution in [0.15, 0.2) is 29.1 Å². The SMILES string of the molecule is CCCn1c([C@@H](C)[NH2+]CCOC)nc2ccccc2c1=O. The molecule has 1 atom stereocenters. The average molecular weight is 290 g/mol. The highest BCUT2D eigenvalue weighted by Crippen LogP contribution is 2.11. The van der Waals surface area contributed by atoms with Gasteiger partial charge in [0.2, 0.25) is 0 Å². The van der Waals surface area contributed by atoms with E-state index in [1.165, 1.54) is 0 Å². The summed E-state index contributed by atoms with van der Waals surface area (Å²) in [6.45, 7) is 6.40. The summed E-state index contributed by atoms with van der Waals surface area (Å²) in [4.78, 5) is 17.4. The van der Waals surface area contributed by atoms with Crippen LogP contribution in [0.4, 0.5) is 0 Å². The zero-order valence-corrected chi connectivity index (χ0v) is 13.0. The van der Waals surface area contributed by atoms with Crippen LogP contribution in [0.5, 0.6) is 0 Å². The molecule has 1 aromatic heterocycles. The lowest BCUT2D eigenvalue weighted by Gasteiger charge is -2.16. The molecule has 0 bridgehead atoms.